The van der Waals surface area contributed by atoms with Crippen LogP contribution in [0.2, 0.25) is 5.02 Å². The number of ketones is 1. The van der Waals surface area contributed by atoms with E-state index in [1.807, 2.05) is 6.92 Å². The normalized spacial score (nSPS) is 10.4. The molecule has 5 heteroatoms. The van der Waals surface area contributed by atoms with Crippen molar-refractivity contribution in [1.29, 1.82) is 0 Å². The maximum Gasteiger partial charge on any atom is 0.193 e. The van der Waals surface area contributed by atoms with Crippen molar-refractivity contribution in [3.05, 3.63) is 61.5 Å². The number of halogens is 3. The van der Waals surface area contributed by atoms with Gasteiger partial charge in [-0.2, -0.15) is 0 Å². The van der Waals surface area contributed by atoms with Crippen LogP contribution >= 0.6 is 43.5 Å². The molecule has 0 bridgehead atoms. The highest BCUT2D eigenvalue weighted by Gasteiger charge is 2.13. The summed E-state index contributed by atoms with van der Waals surface area (Å²) in [7, 11) is 0. The maximum absolute atomic E-state index is 12.4. The highest BCUT2D eigenvalue weighted by molar-refractivity contribution is 9.10. The fourth-order valence-corrected chi connectivity index (χ4v) is 3.12. The molecule has 0 unspecified atom stereocenters. The summed E-state index contributed by atoms with van der Waals surface area (Å²) in [4.78, 5) is 12.4. The van der Waals surface area contributed by atoms with Crippen LogP contribution in [-0.2, 0) is 0 Å². The average molecular weight is 419 g/mol. The van der Waals surface area contributed by atoms with Crippen LogP contribution in [0.5, 0.6) is 5.75 Å². The lowest BCUT2D eigenvalue weighted by atomic mass is 10.0. The maximum atomic E-state index is 12.4. The van der Waals surface area contributed by atoms with Crippen LogP contribution in [-0.4, -0.2) is 12.4 Å². The predicted octanol–water partition coefficient (Wildman–Crippen LogP) is 5.49. The van der Waals surface area contributed by atoms with Gasteiger partial charge >= 0.3 is 0 Å². The summed E-state index contributed by atoms with van der Waals surface area (Å²) < 4.78 is 6.96. The van der Waals surface area contributed by atoms with E-state index in [0.717, 1.165) is 14.7 Å². The lowest BCUT2D eigenvalue weighted by Crippen LogP contribution is -2.02. The van der Waals surface area contributed by atoms with Crippen molar-refractivity contribution in [2.75, 3.05) is 6.61 Å². The number of ether oxygens (including phenoxy) is 1. The van der Waals surface area contributed by atoms with E-state index in [4.69, 9.17) is 16.3 Å². The first-order chi connectivity index (χ1) is 9.51. The van der Waals surface area contributed by atoms with Crippen molar-refractivity contribution in [2.45, 2.75) is 6.92 Å². The number of carbonyl (C=O) groups is 1. The Morgan fingerprint density at radius 1 is 1.15 bits per heavy atom. The van der Waals surface area contributed by atoms with Crippen LogP contribution < -0.4 is 4.74 Å². The fourth-order valence-electron chi connectivity index (χ4n) is 1.77. The molecule has 0 aliphatic heterocycles. The standard InChI is InChI=1S/C15H11Br2ClO2/c1-2-20-14-4-3-9(7-13(14)17)15(19)10-5-11(16)8-12(18)6-10/h3-8H,2H2,1H3. The zero-order chi connectivity index (χ0) is 14.7. The molecule has 0 heterocycles. The Hall–Kier alpha value is -0.840. The molecule has 2 aromatic rings. The molecule has 0 spiro atoms. The van der Waals surface area contributed by atoms with Gasteiger partial charge in [-0.15, -0.1) is 0 Å². The highest BCUT2D eigenvalue weighted by Crippen LogP contribution is 2.28. The van der Waals surface area contributed by atoms with Crippen LogP contribution in [0.1, 0.15) is 22.8 Å². The quantitative estimate of drug-likeness (QED) is 0.614. The minimum absolute atomic E-state index is 0.0862. The monoisotopic (exact) mass is 416 g/mol. The SMILES string of the molecule is CCOc1ccc(C(=O)c2cc(Cl)cc(Br)c2)cc1Br. The van der Waals surface area contributed by atoms with E-state index in [1.54, 1.807) is 36.4 Å². The Bertz CT molecular complexity index is 636. The van der Waals surface area contributed by atoms with Crippen molar-refractivity contribution < 1.29 is 9.53 Å². The third-order valence-electron chi connectivity index (χ3n) is 2.62. The largest absolute Gasteiger partial charge is 0.493 e. The second-order valence-electron chi connectivity index (χ2n) is 4.07. The Morgan fingerprint density at radius 3 is 2.50 bits per heavy atom. The molecule has 104 valence electrons. The van der Waals surface area contributed by atoms with Gasteiger partial charge in [0.1, 0.15) is 5.75 Å². The van der Waals surface area contributed by atoms with Crippen molar-refractivity contribution in [1.82, 2.24) is 0 Å². The van der Waals surface area contributed by atoms with Gasteiger partial charge in [0, 0.05) is 20.6 Å². The first-order valence-corrected chi connectivity index (χ1v) is 7.91. The molecule has 0 amide bonds. The summed E-state index contributed by atoms with van der Waals surface area (Å²) in [6.45, 7) is 2.49. The van der Waals surface area contributed by atoms with Crippen molar-refractivity contribution in [3.63, 3.8) is 0 Å². The van der Waals surface area contributed by atoms with Crippen LogP contribution in [0, 0.1) is 0 Å². The molecular weight excluding hydrogens is 407 g/mol. The smallest absolute Gasteiger partial charge is 0.193 e. The van der Waals surface area contributed by atoms with Crippen LogP contribution in [0.4, 0.5) is 0 Å². The molecule has 0 aliphatic carbocycles. The molecule has 0 atom stereocenters. The van der Waals surface area contributed by atoms with Crippen molar-refractivity contribution >= 4 is 49.2 Å². The van der Waals surface area contributed by atoms with E-state index in [1.165, 1.54) is 0 Å². The van der Waals surface area contributed by atoms with Gasteiger partial charge in [0.05, 0.1) is 11.1 Å². The molecule has 0 saturated carbocycles. The predicted molar refractivity (Wildman–Crippen MR) is 87.9 cm³/mol. The second kappa shape index (κ2) is 6.74. The summed E-state index contributed by atoms with van der Waals surface area (Å²) in [5.74, 6) is 0.633. The first-order valence-electron chi connectivity index (χ1n) is 5.94. The molecule has 2 aromatic carbocycles. The molecule has 0 N–H and O–H groups in total. The third kappa shape index (κ3) is 3.62. The summed E-state index contributed by atoms with van der Waals surface area (Å²) >= 11 is 12.7. The van der Waals surface area contributed by atoms with E-state index in [9.17, 15) is 4.79 Å². The Labute approximate surface area is 139 Å². The summed E-state index contributed by atoms with van der Waals surface area (Å²) in [5.41, 5.74) is 1.12. The molecule has 0 aromatic heterocycles. The zero-order valence-corrected chi connectivity index (χ0v) is 14.5. The molecular formula is C15H11Br2ClO2. The lowest BCUT2D eigenvalue weighted by molar-refractivity contribution is 0.103. The van der Waals surface area contributed by atoms with Crippen LogP contribution in [0.3, 0.4) is 0 Å². The summed E-state index contributed by atoms with van der Waals surface area (Å²) in [5, 5.41) is 0.521. The summed E-state index contributed by atoms with van der Waals surface area (Å²) in [6.07, 6.45) is 0. The first kappa shape index (κ1) is 15.5. The van der Waals surface area contributed by atoms with Gasteiger partial charge in [-0.1, -0.05) is 27.5 Å². The van der Waals surface area contributed by atoms with Gasteiger partial charge in [0.15, 0.2) is 5.78 Å². The number of hydrogen-bond acceptors (Lipinski definition) is 2. The van der Waals surface area contributed by atoms with Gasteiger partial charge in [-0.3, -0.25) is 4.79 Å². The van der Waals surface area contributed by atoms with Gasteiger partial charge in [0.2, 0.25) is 0 Å². The number of benzene rings is 2. The number of rotatable bonds is 4. The van der Waals surface area contributed by atoms with Gasteiger partial charge < -0.3 is 4.74 Å². The number of carbonyl (C=O) groups excluding carboxylic acids is 1. The lowest BCUT2D eigenvalue weighted by Gasteiger charge is -2.08. The molecule has 20 heavy (non-hydrogen) atoms. The van der Waals surface area contributed by atoms with Crippen molar-refractivity contribution in [2.24, 2.45) is 0 Å². The summed E-state index contributed by atoms with van der Waals surface area (Å²) in [6, 6.07) is 10.4. The Balaban J connectivity index is 2.36. The molecule has 0 radical (unpaired) electrons. The van der Waals surface area contributed by atoms with E-state index in [-0.39, 0.29) is 5.78 Å². The fraction of sp³-hybridized carbons (Fsp3) is 0.133. The van der Waals surface area contributed by atoms with Crippen molar-refractivity contribution in [3.8, 4) is 5.75 Å². The van der Waals surface area contributed by atoms with E-state index in [0.29, 0.717) is 22.8 Å². The van der Waals surface area contributed by atoms with Crippen LogP contribution in [0.15, 0.2) is 45.3 Å². The van der Waals surface area contributed by atoms with Gasteiger partial charge in [0.25, 0.3) is 0 Å². The van der Waals surface area contributed by atoms with E-state index >= 15 is 0 Å². The molecule has 2 rings (SSSR count). The third-order valence-corrected chi connectivity index (χ3v) is 3.91. The number of hydrogen-bond donors (Lipinski definition) is 0. The molecule has 2 nitrogen and oxygen atoms in total. The minimum Gasteiger partial charge on any atom is -0.493 e. The Kier molecular flexibility index (Phi) is 5.24. The highest BCUT2D eigenvalue weighted by atomic mass is 79.9. The molecule has 0 fully saturated rings. The van der Waals surface area contributed by atoms with Gasteiger partial charge in [-0.05, 0) is 59.3 Å². The Morgan fingerprint density at radius 2 is 1.90 bits per heavy atom. The minimum atomic E-state index is -0.0862. The van der Waals surface area contributed by atoms with E-state index < -0.39 is 0 Å². The topological polar surface area (TPSA) is 26.3 Å². The van der Waals surface area contributed by atoms with Crippen LogP contribution in [0.25, 0.3) is 0 Å². The second-order valence-corrected chi connectivity index (χ2v) is 6.27. The average Bonchev–Trinajstić information content (AvgIpc) is 2.39. The van der Waals surface area contributed by atoms with E-state index in [2.05, 4.69) is 31.9 Å². The molecule has 0 saturated heterocycles. The zero-order valence-electron chi connectivity index (χ0n) is 10.6. The molecule has 0 aliphatic rings. The van der Waals surface area contributed by atoms with Gasteiger partial charge in [-0.25, -0.2) is 0 Å².